The molecule has 2 rings (SSSR count). The third kappa shape index (κ3) is 2.44. The van der Waals surface area contributed by atoms with Gasteiger partial charge in [-0.1, -0.05) is 13.8 Å². The van der Waals surface area contributed by atoms with Crippen LogP contribution in [0.5, 0.6) is 0 Å². The molecule has 0 saturated heterocycles. The number of nitrogens with zero attached hydrogens (tertiary/aromatic N) is 1. The van der Waals surface area contributed by atoms with Gasteiger partial charge in [0, 0.05) is 12.1 Å². The summed E-state index contributed by atoms with van der Waals surface area (Å²) in [6.45, 7) is 6.32. The summed E-state index contributed by atoms with van der Waals surface area (Å²) in [7, 11) is 0. The minimum absolute atomic E-state index is 0.0285. The molecule has 1 saturated carbocycles. The van der Waals surface area contributed by atoms with Crippen LogP contribution in [0.4, 0.5) is 0 Å². The van der Waals surface area contributed by atoms with Gasteiger partial charge in [0.25, 0.3) is 5.56 Å². The third-order valence-electron chi connectivity index (χ3n) is 3.30. The Kier molecular flexibility index (Phi) is 3.24. The summed E-state index contributed by atoms with van der Waals surface area (Å²) in [4.78, 5) is 30.1. The molecule has 98 valence electrons. The Morgan fingerprint density at radius 2 is 2.22 bits per heavy atom. The van der Waals surface area contributed by atoms with Gasteiger partial charge in [0.05, 0.1) is 6.61 Å². The van der Waals surface area contributed by atoms with E-state index in [1.54, 1.807) is 6.92 Å². The fourth-order valence-corrected chi connectivity index (χ4v) is 2.44. The molecule has 18 heavy (non-hydrogen) atoms. The van der Waals surface area contributed by atoms with E-state index in [2.05, 4.69) is 23.8 Å². The zero-order valence-electron chi connectivity index (χ0n) is 10.9. The molecule has 0 unspecified atom stereocenters. The number of hydrogen-bond donors (Lipinski definition) is 1. The molecule has 5 heteroatoms. The second-order valence-corrected chi connectivity index (χ2v) is 5.50. The third-order valence-corrected chi connectivity index (χ3v) is 3.30. The predicted octanol–water partition coefficient (Wildman–Crippen LogP) is 1.85. The van der Waals surface area contributed by atoms with Crippen LogP contribution in [0.25, 0.3) is 0 Å². The van der Waals surface area contributed by atoms with Gasteiger partial charge in [0.15, 0.2) is 0 Å². The second-order valence-electron chi connectivity index (χ2n) is 5.50. The molecule has 0 aliphatic heterocycles. The molecule has 1 N–H and O–H groups in total. The Balaban J connectivity index is 2.16. The minimum atomic E-state index is -0.619. The first-order chi connectivity index (χ1) is 8.43. The molecule has 0 amide bonds. The molecule has 0 bridgehead atoms. The summed E-state index contributed by atoms with van der Waals surface area (Å²) in [6.07, 6.45) is 3.33. The highest BCUT2D eigenvalue weighted by Gasteiger charge is 2.38. The number of nitrogens with one attached hydrogen (secondary N) is 1. The molecule has 1 aliphatic rings. The van der Waals surface area contributed by atoms with Gasteiger partial charge in [0.2, 0.25) is 0 Å². The van der Waals surface area contributed by atoms with Gasteiger partial charge in [-0.25, -0.2) is 9.78 Å². The summed E-state index contributed by atoms with van der Waals surface area (Å²) in [6, 6.07) is 0. The maximum Gasteiger partial charge on any atom is 0.345 e. The normalized spacial score (nSPS) is 18.2. The average molecular weight is 250 g/mol. The van der Waals surface area contributed by atoms with E-state index in [-0.39, 0.29) is 12.2 Å². The van der Waals surface area contributed by atoms with Crippen molar-refractivity contribution >= 4 is 5.97 Å². The molecule has 0 radical (unpaired) electrons. The standard InChI is InChI=1S/C13H18N2O3/c1-4-18-12(17)9-7-14-10(15-11(9)16)8-5-13(2,3)6-8/h7-8H,4-6H2,1-3H3,(H,14,15,16). The molecule has 5 nitrogen and oxygen atoms in total. The van der Waals surface area contributed by atoms with Crippen molar-refractivity contribution in [1.29, 1.82) is 0 Å². The van der Waals surface area contributed by atoms with E-state index in [9.17, 15) is 9.59 Å². The maximum atomic E-state index is 11.8. The van der Waals surface area contributed by atoms with Crippen molar-refractivity contribution in [2.45, 2.75) is 39.5 Å². The number of carbonyl (C=O) groups is 1. The van der Waals surface area contributed by atoms with Crippen molar-refractivity contribution < 1.29 is 9.53 Å². The molecule has 1 aromatic heterocycles. The van der Waals surface area contributed by atoms with E-state index < -0.39 is 11.5 Å². The highest BCUT2D eigenvalue weighted by Crippen LogP contribution is 2.49. The Bertz CT molecular complexity index is 511. The lowest BCUT2D eigenvalue weighted by Crippen LogP contribution is -2.33. The number of rotatable bonds is 3. The van der Waals surface area contributed by atoms with Crippen LogP contribution in [-0.4, -0.2) is 22.5 Å². The summed E-state index contributed by atoms with van der Waals surface area (Å²) < 4.78 is 4.78. The Morgan fingerprint density at radius 1 is 1.56 bits per heavy atom. The van der Waals surface area contributed by atoms with Crippen molar-refractivity contribution in [1.82, 2.24) is 9.97 Å². The molecule has 1 aromatic rings. The zero-order valence-corrected chi connectivity index (χ0v) is 10.9. The maximum absolute atomic E-state index is 11.8. The smallest absolute Gasteiger partial charge is 0.345 e. The summed E-state index contributed by atoms with van der Waals surface area (Å²) in [5, 5.41) is 0. The lowest BCUT2D eigenvalue weighted by Gasteiger charge is -2.41. The summed E-state index contributed by atoms with van der Waals surface area (Å²) in [5.41, 5.74) is -0.120. The van der Waals surface area contributed by atoms with Crippen molar-refractivity contribution in [3.63, 3.8) is 0 Å². The van der Waals surface area contributed by atoms with E-state index in [0.29, 0.717) is 17.2 Å². The van der Waals surface area contributed by atoms with Crippen molar-refractivity contribution in [2.75, 3.05) is 6.61 Å². The lowest BCUT2D eigenvalue weighted by molar-refractivity contribution is 0.0523. The van der Waals surface area contributed by atoms with Gasteiger partial charge in [0.1, 0.15) is 11.4 Å². The van der Waals surface area contributed by atoms with Gasteiger partial charge in [-0.05, 0) is 25.2 Å². The molecular weight excluding hydrogens is 232 g/mol. The monoisotopic (exact) mass is 250 g/mol. The van der Waals surface area contributed by atoms with E-state index in [0.717, 1.165) is 12.8 Å². The zero-order chi connectivity index (χ0) is 13.3. The largest absolute Gasteiger partial charge is 0.462 e. The van der Waals surface area contributed by atoms with Crippen LogP contribution >= 0.6 is 0 Å². The highest BCUT2D eigenvalue weighted by molar-refractivity contribution is 5.88. The Morgan fingerprint density at radius 3 is 2.72 bits per heavy atom. The first-order valence-electron chi connectivity index (χ1n) is 6.19. The lowest BCUT2D eigenvalue weighted by atomic mass is 9.64. The van der Waals surface area contributed by atoms with Gasteiger partial charge < -0.3 is 9.72 Å². The molecule has 1 fully saturated rings. The fourth-order valence-electron chi connectivity index (χ4n) is 2.44. The average Bonchev–Trinajstić information content (AvgIpc) is 2.25. The van der Waals surface area contributed by atoms with Gasteiger partial charge in [-0.2, -0.15) is 0 Å². The molecule has 0 aromatic carbocycles. The van der Waals surface area contributed by atoms with E-state index in [4.69, 9.17) is 4.74 Å². The van der Waals surface area contributed by atoms with Gasteiger partial charge in [-0.3, -0.25) is 4.79 Å². The van der Waals surface area contributed by atoms with Crippen molar-refractivity contribution in [2.24, 2.45) is 5.41 Å². The number of carbonyl (C=O) groups excluding carboxylic acids is 1. The second kappa shape index (κ2) is 4.55. The predicted molar refractivity (Wildman–Crippen MR) is 66.6 cm³/mol. The van der Waals surface area contributed by atoms with Gasteiger partial charge >= 0.3 is 5.97 Å². The van der Waals surface area contributed by atoms with Crippen LogP contribution in [0.3, 0.4) is 0 Å². The number of ether oxygens (including phenoxy) is 1. The SMILES string of the molecule is CCOC(=O)c1cnc(C2CC(C)(C)C2)[nH]c1=O. The van der Waals surface area contributed by atoms with Crippen LogP contribution in [0.1, 0.15) is 55.7 Å². The van der Waals surface area contributed by atoms with Crippen LogP contribution in [0.15, 0.2) is 11.0 Å². The topological polar surface area (TPSA) is 72.0 Å². The van der Waals surface area contributed by atoms with Crippen molar-refractivity contribution in [3.8, 4) is 0 Å². The van der Waals surface area contributed by atoms with Crippen LogP contribution in [0, 0.1) is 5.41 Å². The van der Waals surface area contributed by atoms with E-state index >= 15 is 0 Å². The molecule has 0 spiro atoms. The summed E-state index contributed by atoms with van der Waals surface area (Å²) in [5.74, 6) is 0.350. The van der Waals surface area contributed by atoms with Crippen LogP contribution < -0.4 is 5.56 Å². The quantitative estimate of drug-likeness (QED) is 0.831. The molecule has 0 atom stereocenters. The first kappa shape index (κ1) is 12.8. The number of esters is 1. The first-order valence-corrected chi connectivity index (χ1v) is 6.19. The molecule has 1 aliphatic carbocycles. The number of aromatic amines is 1. The Hall–Kier alpha value is -1.65. The highest BCUT2D eigenvalue weighted by atomic mass is 16.5. The number of hydrogen-bond acceptors (Lipinski definition) is 4. The van der Waals surface area contributed by atoms with E-state index in [1.165, 1.54) is 6.20 Å². The minimum Gasteiger partial charge on any atom is -0.462 e. The number of aromatic nitrogens is 2. The van der Waals surface area contributed by atoms with Crippen LogP contribution in [-0.2, 0) is 4.74 Å². The van der Waals surface area contributed by atoms with Crippen LogP contribution in [0.2, 0.25) is 0 Å². The van der Waals surface area contributed by atoms with Gasteiger partial charge in [-0.15, -0.1) is 0 Å². The molecule has 1 heterocycles. The van der Waals surface area contributed by atoms with E-state index in [1.807, 2.05) is 0 Å². The van der Waals surface area contributed by atoms with Crippen molar-refractivity contribution in [3.05, 3.63) is 27.9 Å². The number of H-pyrrole nitrogens is 1. The Labute approximate surface area is 106 Å². The molecular formula is C13H18N2O3. The summed E-state index contributed by atoms with van der Waals surface area (Å²) >= 11 is 0. The fraction of sp³-hybridized carbons (Fsp3) is 0.615.